The molecular weight excluding hydrogens is 286 g/mol. The smallest absolute Gasteiger partial charge is 0.241 e. The van der Waals surface area contributed by atoms with E-state index in [1.54, 1.807) is 24.3 Å². The number of nitrogens with two attached hydrogens (primary N) is 1. The van der Waals surface area contributed by atoms with Gasteiger partial charge in [-0.15, -0.1) is 0 Å². The summed E-state index contributed by atoms with van der Waals surface area (Å²) in [6, 6.07) is 9.71. The van der Waals surface area contributed by atoms with E-state index < -0.39 is 10.0 Å². The topological polar surface area (TPSA) is 85.1 Å². The number of rotatable bonds is 4. The van der Waals surface area contributed by atoms with Gasteiger partial charge in [-0.1, -0.05) is 29.8 Å². The zero-order valence-electron chi connectivity index (χ0n) is 9.88. The monoisotopic (exact) mass is 297 g/mol. The molecule has 0 saturated carbocycles. The molecule has 2 aromatic rings. The second-order valence-electron chi connectivity index (χ2n) is 3.83. The second-order valence-corrected chi connectivity index (χ2v) is 6.01. The first-order valence-electron chi connectivity index (χ1n) is 5.43. The number of hydrogen-bond donors (Lipinski definition) is 2. The minimum atomic E-state index is -3.63. The van der Waals surface area contributed by atoms with E-state index in [0.717, 1.165) is 0 Å². The molecule has 0 aliphatic heterocycles. The number of nitrogens with one attached hydrogen (secondary N) is 1. The predicted molar refractivity (Wildman–Crippen MR) is 74.1 cm³/mol. The molecule has 0 radical (unpaired) electrons. The lowest BCUT2D eigenvalue weighted by Gasteiger charge is -2.08. The maximum atomic E-state index is 12.0. The maximum absolute atomic E-state index is 12.0. The van der Waals surface area contributed by atoms with E-state index in [2.05, 4.69) is 9.71 Å². The van der Waals surface area contributed by atoms with Gasteiger partial charge in [-0.25, -0.2) is 18.1 Å². The van der Waals surface area contributed by atoms with Gasteiger partial charge in [-0.3, -0.25) is 0 Å². The summed E-state index contributed by atoms with van der Waals surface area (Å²) >= 11 is 5.96. The van der Waals surface area contributed by atoms with Gasteiger partial charge in [0.05, 0.1) is 4.90 Å². The van der Waals surface area contributed by atoms with Crippen LogP contribution in [0.2, 0.25) is 5.02 Å². The van der Waals surface area contributed by atoms with Crippen molar-refractivity contribution in [3.63, 3.8) is 0 Å². The molecule has 1 heterocycles. The van der Waals surface area contributed by atoms with Crippen LogP contribution in [0.3, 0.4) is 0 Å². The van der Waals surface area contributed by atoms with Crippen molar-refractivity contribution in [2.24, 2.45) is 0 Å². The fourth-order valence-corrected chi connectivity index (χ4v) is 2.72. The Labute approximate surface area is 116 Å². The summed E-state index contributed by atoms with van der Waals surface area (Å²) in [5.74, 6) is 0.153. The maximum Gasteiger partial charge on any atom is 0.241 e. The van der Waals surface area contributed by atoms with Crippen LogP contribution in [-0.2, 0) is 16.6 Å². The first-order chi connectivity index (χ1) is 8.99. The van der Waals surface area contributed by atoms with E-state index in [4.69, 9.17) is 17.3 Å². The molecule has 3 N–H and O–H groups in total. The molecule has 0 aliphatic carbocycles. The van der Waals surface area contributed by atoms with Crippen molar-refractivity contribution in [3.8, 4) is 0 Å². The molecule has 0 atom stereocenters. The standard InChI is InChI=1S/C12H12ClN3O2S/c13-11-4-2-1-3-9(11)8-16-19(17,18)10-5-6-15-12(14)7-10/h1-7,16H,8H2,(H2,14,15). The zero-order valence-corrected chi connectivity index (χ0v) is 11.4. The Kier molecular flexibility index (Phi) is 4.04. The van der Waals surface area contributed by atoms with Crippen molar-refractivity contribution in [2.75, 3.05) is 5.73 Å². The summed E-state index contributed by atoms with van der Waals surface area (Å²) in [4.78, 5) is 3.83. The normalized spacial score (nSPS) is 11.4. The molecule has 0 spiro atoms. The van der Waals surface area contributed by atoms with Gasteiger partial charge in [-0.2, -0.15) is 0 Å². The van der Waals surface area contributed by atoms with Gasteiger partial charge >= 0.3 is 0 Å². The van der Waals surface area contributed by atoms with Crippen LogP contribution in [0.4, 0.5) is 5.82 Å². The number of nitrogens with zero attached hydrogens (tertiary/aromatic N) is 1. The lowest BCUT2D eigenvalue weighted by molar-refractivity contribution is 0.581. The fourth-order valence-electron chi connectivity index (χ4n) is 1.49. The fraction of sp³-hybridized carbons (Fsp3) is 0.0833. The SMILES string of the molecule is Nc1cc(S(=O)(=O)NCc2ccccc2Cl)ccn1. The Bertz CT molecular complexity index is 689. The number of aromatic nitrogens is 1. The van der Waals surface area contributed by atoms with Crippen LogP contribution in [-0.4, -0.2) is 13.4 Å². The lowest BCUT2D eigenvalue weighted by Crippen LogP contribution is -2.23. The summed E-state index contributed by atoms with van der Waals surface area (Å²) in [6.07, 6.45) is 1.35. The van der Waals surface area contributed by atoms with E-state index in [-0.39, 0.29) is 17.3 Å². The minimum absolute atomic E-state index is 0.0760. The quantitative estimate of drug-likeness (QED) is 0.901. The van der Waals surface area contributed by atoms with Crippen LogP contribution < -0.4 is 10.5 Å². The molecule has 5 nitrogen and oxygen atoms in total. The van der Waals surface area contributed by atoms with Crippen LogP contribution in [0.1, 0.15) is 5.56 Å². The van der Waals surface area contributed by atoms with E-state index in [9.17, 15) is 8.42 Å². The van der Waals surface area contributed by atoms with Crippen LogP contribution in [0, 0.1) is 0 Å². The van der Waals surface area contributed by atoms with E-state index in [1.807, 2.05) is 0 Å². The van der Waals surface area contributed by atoms with Crippen molar-refractivity contribution in [1.82, 2.24) is 9.71 Å². The molecule has 0 bridgehead atoms. The van der Waals surface area contributed by atoms with Crippen molar-refractivity contribution in [3.05, 3.63) is 53.2 Å². The summed E-state index contributed by atoms with van der Waals surface area (Å²) in [7, 11) is -3.63. The van der Waals surface area contributed by atoms with Crippen LogP contribution in [0.5, 0.6) is 0 Å². The Balaban J connectivity index is 2.17. The largest absolute Gasteiger partial charge is 0.384 e. The molecule has 100 valence electrons. The molecule has 1 aromatic carbocycles. The third-order valence-corrected chi connectivity index (χ3v) is 4.24. The van der Waals surface area contributed by atoms with Crippen molar-refractivity contribution >= 4 is 27.4 Å². The molecule has 0 amide bonds. The van der Waals surface area contributed by atoms with Gasteiger partial charge in [0.2, 0.25) is 10.0 Å². The first kappa shape index (κ1) is 13.8. The third kappa shape index (κ3) is 3.44. The van der Waals surface area contributed by atoms with Gasteiger partial charge in [0.25, 0.3) is 0 Å². The summed E-state index contributed by atoms with van der Waals surface area (Å²) in [5.41, 5.74) is 6.17. The molecule has 19 heavy (non-hydrogen) atoms. The molecule has 0 aliphatic rings. The van der Waals surface area contributed by atoms with Gasteiger partial charge in [-0.05, 0) is 17.7 Å². The van der Waals surface area contributed by atoms with E-state index in [1.165, 1.54) is 18.3 Å². The van der Waals surface area contributed by atoms with Gasteiger partial charge in [0.1, 0.15) is 5.82 Å². The number of benzene rings is 1. The summed E-state index contributed by atoms with van der Waals surface area (Å²) in [5, 5.41) is 0.513. The van der Waals surface area contributed by atoms with E-state index in [0.29, 0.717) is 10.6 Å². The minimum Gasteiger partial charge on any atom is -0.384 e. The van der Waals surface area contributed by atoms with Crippen LogP contribution in [0.25, 0.3) is 0 Å². The zero-order chi connectivity index (χ0) is 13.9. The summed E-state index contributed by atoms with van der Waals surface area (Å²) < 4.78 is 26.5. The average molecular weight is 298 g/mol. The Hall–Kier alpha value is -1.63. The molecule has 0 saturated heterocycles. The highest BCUT2D eigenvalue weighted by molar-refractivity contribution is 7.89. The van der Waals surface area contributed by atoms with Gasteiger partial charge < -0.3 is 5.73 Å². The predicted octanol–water partition coefficient (Wildman–Crippen LogP) is 1.80. The molecule has 1 aromatic heterocycles. The number of hydrogen-bond acceptors (Lipinski definition) is 4. The molecule has 0 fully saturated rings. The lowest BCUT2D eigenvalue weighted by atomic mass is 10.2. The van der Waals surface area contributed by atoms with E-state index >= 15 is 0 Å². The highest BCUT2D eigenvalue weighted by Crippen LogP contribution is 2.16. The molecule has 0 unspecified atom stereocenters. The number of pyridine rings is 1. The molecule has 2 rings (SSSR count). The Morgan fingerprint density at radius 2 is 2.00 bits per heavy atom. The Morgan fingerprint density at radius 1 is 1.26 bits per heavy atom. The van der Waals surface area contributed by atoms with Crippen molar-refractivity contribution in [2.45, 2.75) is 11.4 Å². The van der Waals surface area contributed by atoms with Crippen molar-refractivity contribution in [1.29, 1.82) is 0 Å². The van der Waals surface area contributed by atoms with Crippen molar-refractivity contribution < 1.29 is 8.42 Å². The average Bonchev–Trinajstić information content (AvgIpc) is 2.38. The third-order valence-electron chi connectivity index (χ3n) is 2.47. The van der Waals surface area contributed by atoms with Crippen LogP contribution in [0.15, 0.2) is 47.5 Å². The Morgan fingerprint density at radius 3 is 2.68 bits per heavy atom. The number of anilines is 1. The number of sulfonamides is 1. The number of nitrogen functional groups attached to an aromatic ring is 1. The summed E-state index contributed by atoms with van der Waals surface area (Å²) in [6.45, 7) is 0.115. The van der Waals surface area contributed by atoms with Crippen LogP contribution >= 0.6 is 11.6 Å². The second kappa shape index (κ2) is 5.56. The highest BCUT2D eigenvalue weighted by atomic mass is 35.5. The van der Waals surface area contributed by atoms with Gasteiger partial charge in [0.15, 0.2) is 0 Å². The number of halogens is 1. The van der Waals surface area contributed by atoms with Gasteiger partial charge in [0, 0.05) is 23.8 Å². The molecular formula is C12H12ClN3O2S. The molecule has 7 heteroatoms. The highest BCUT2D eigenvalue weighted by Gasteiger charge is 2.14. The first-order valence-corrected chi connectivity index (χ1v) is 7.30.